The summed E-state index contributed by atoms with van der Waals surface area (Å²) in [5, 5.41) is 0.931. The van der Waals surface area contributed by atoms with Gasteiger partial charge in [-0.25, -0.2) is 8.42 Å². The molecule has 2 rings (SSSR count). The highest BCUT2D eigenvalue weighted by Crippen LogP contribution is 2.15. The van der Waals surface area contributed by atoms with Gasteiger partial charge in [0.25, 0.3) is 0 Å². The molecule has 0 aliphatic rings. The first-order chi connectivity index (χ1) is 9.91. The van der Waals surface area contributed by atoms with Crippen LogP contribution >= 0.6 is 24.8 Å². The summed E-state index contributed by atoms with van der Waals surface area (Å²) < 4.78 is 29.6. The standard InChI is InChI=1S/C15H20N2O3S.2ClH/c1-11(16)15(20-2)10-21(18,19)9-12-7-13-5-3-4-6-14(13)17-8-12;;/h3-8,11,15H,9-10,16H2,1-2H3;2*1H/t11-,15-;;/m0../s1. The maximum atomic E-state index is 12.2. The minimum absolute atomic E-state index is 0. The average Bonchev–Trinajstić information content (AvgIpc) is 2.44. The molecule has 130 valence electrons. The minimum Gasteiger partial charge on any atom is -0.379 e. The Morgan fingerprint density at radius 3 is 2.52 bits per heavy atom. The predicted molar refractivity (Wildman–Crippen MR) is 98.2 cm³/mol. The predicted octanol–water partition coefficient (Wildman–Crippen LogP) is 2.36. The Balaban J connectivity index is 0.00000242. The summed E-state index contributed by atoms with van der Waals surface area (Å²) in [6.45, 7) is 1.74. The summed E-state index contributed by atoms with van der Waals surface area (Å²) >= 11 is 0. The maximum absolute atomic E-state index is 12.2. The van der Waals surface area contributed by atoms with Crippen LogP contribution in [0.4, 0.5) is 0 Å². The van der Waals surface area contributed by atoms with Crippen LogP contribution in [0.3, 0.4) is 0 Å². The second kappa shape index (κ2) is 9.39. The Bertz CT molecular complexity index is 723. The van der Waals surface area contributed by atoms with Crippen molar-refractivity contribution in [2.24, 2.45) is 5.73 Å². The van der Waals surface area contributed by atoms with Crippen molar-refractivity contribution < 1.29 is 13.2 Å². The lowest BCUT2D eigenvalue weighted by Crippen LogP contribution is -2.39. The topological polar surface area (TPSA) is 82.3 Å². The Hall–Kier alpha value is -0.920. The SMILES string of the molecule is CO[C@@H](CS(=O)(=O)Cc1cnc2ccccc2c1)[C@H](C)N.Cl.Cl. The highest BCUT2D eigenvalue weighted by molar-refractivity contribution is 7.90. The first kappa shape index (κ1) is 22.1. The number of nitrogens with zero attached hydrogens (tertiary/aromatic N) is 1. The molecule has 0 amide bonds. The largest absolute Gasteiger partial charge is 0.379 e. The average molecular weight is 381 g/mol. The molecular formula is C15H22Cl2N2O3S. The molecule has 2 atom stereocenters. The lowest BCUT2D eigenvalue weighted by Gasteiger charge is -2.19. The third kappa shape index (κ3) is 6.24. The molecule has 1 aromatic heterocycles. The molecule has 0 aliphatic heterocycles. The zero-order valence-electron chi connectivity index (χ0n) is 13.0. The fraction of sp³-hybridized carbons (Fsp3) is 0.400. The van der Waals surface area contributed by atoms with Crippen LogP contribution in [0.5, 0.6) is 0 Å². The highest BCUT2D eigenvalue weighted by Gasteiger charge is 2.22. The van der Waals surface area contributed by atoms with Gasteiger partial charge in [-0.3, -0.25) is 4.98 Å². The molecule has 5 nitrogen and oxygen atoms in total. The summed E-state index contributed by atoms with van der Waals surface area (Å²) in [7, 11) is -1.83. The maximum Gasteiger partial charge on any atom is 0.157 e. The van der Waals surface area contributed by atoms with Crippen LogP contribution in [0.25, 0.3) is 10.9 Å². The van der Waals surface area contributed by atoms with Crippen molar-refractivity contribution in [2.75, 3.05) is 12.9 Å². The number of methoxy groups -OCH3 is 1. The van der Waals surface area contributed by atoms with Crippen LogP contribution in [0.2, 0.25) is 0 Å². The molecule has 0 unspecified atom stereocenters. The zero-order chi connectivity index (χ0) is 15.5. The van der Waals surface area contributed by atoms with E-state index in [0.29, 0.717) is 5.56 Å². The smallest absolute Gasteiger partial charge is 0.157 e. The number of benzene rings is 1. The van der Waals surface area contributed by atoms with Crippen molar-refractivity contribution in [1.29, 1.82) is 0 Å². The number of sulfone groups is 1. The summed E-state index contributed by atoms with van der Waals surface area (Å²) in [5.74, 6) is -0.147. The van der Waals surface area contributed by atoms with Gasteiger partial charge in [0, 0.05) is 24.7 Å². The molecule has 1 aromatic carbocycles. The second-order valence-electron chi connectivity index (χ2n) is 5.22. The first-order valence-corrected chi connectivity index (χ1v) is 8.56. The van der Waals surface area contributed by atoms with Gasteiger partial charge in [-0.05, 0) is 24.6 Å². The number of pyridine rings is 1. The summed E-state index contributed by atoms with van der Waals surface area (Å²) in [5.41, 5.74) is 7.25. The highest BCUT2D eigenvalue weighted by atomic mass is 35.5. The molecule has 23 heavy (non-hydrogen) atoms. The molecule has 0 spiro atoms. The number of nitrogens with two attached hydrogens (primary N) is 1. The van der Waals surface area contributed by atoms with Crippen molar-refractivity contribution in [1.82, 2.24) is 4.98 Å². The van der Waals surface area contributed by atoms with Crippen molar-refractivity contribution in [3.63, 3.8) is 0 Å². The van der Waals surface area contributed by atoms with Crippen LogP contribution in [0, 0.1) is 0 Å². The van der Waals surface area contributed by atoms with Gasteiger partial charge in [-0.1, -0.05) is 18.2 Å². The Labute approximate surface area is 149 Å². The number of aromatic nitrogens is 1. The lowest BCUT2D eigenvalue weighted by atomic mass is 10.2. The van der Waals surface area contributed by atoms with Crippen molar-refractivity contribution in [3.8, 4) is 0 Å². The van der Waals surface area contributed by atoms with Gasteiger partial charge in [-0.2, -0.15) is 0 Å². The van der Waals surface area contributed by atoms with Crippen LogP contribution < -0.4 is 5.73 Å². The number of rotatable bonds is 6. The van der Waals surface area contributed by atoms with Gasteiger partial charge in [0.05, 0.1) is 23.1 Å². The number of halogens is 2. The van der Waals surface area contributed by atoms with Gasteiger partial charge >= 0.3 is 0 Å². The van der Waals surface area contributed by atoms with Crippen LogP contribution in [-0.4, -0.2) is 38.4 Å². The number of hydrogen-bond acceptors (Lipinski definition) is 5. The molecule has 0 aliphatic carbocycles. The van der Waals surface area contributed by atoms with E-state index >= 15 is 0 Å². The summed E-state index contributed by atoms with van der Waals surface area (Å²) in [4.78, 5) is 4.28. The fourth-order valence-corrected chi connectivity index (χ4v) is 3.92. The van der Waals surface area contributed by atoms with E-state index in [9.17, 15) is 8.42 Å². The molecule has 1 heterocycles. The van der Waals surface area contributed by atoms with Crippen LogP contribution in [-0.2, 0) is 20.3 Å². The molecule has 8 heteroatoms. The van der Waals surface area contributed by atoms with Crippen molar-refractivity contribution in [2.45, 2.75) is 24.8 Å². The molecular weight excluding hydrogens is 359 g/mol. The van der Waals surface area contributed by atoms with E-state index in [1.807, 2.05) is 30.3 Å². The van der Waals surface area contributed by atoms with Gasteiger partial charge in [0.2, 0.25) is 0 Å². The quantitative estimate of drug-likeness (QED) is 0.831. The van der Waals surface area contributed by atoms with Gasteiger partial charge in [0.1, 0.15) is 0 Å². The number of fused-ring (bicyclic) bond motifs is 1. The van der Waals surface area contributed by atoms with E-state index in [1.54, 1.807) is 13.1 Å². The number of ether oxygens (including phenoxy) is 1. The van der Waals surface area contributed by atoms with Crippen LogP contribution in [0.15, 0.2) is 36.5 Å². The van der Waals surface area contributed by atoms with E-state index in [2.05, 4.69) is 4.98 Å². The van der Waals surface area contributed by atoms with Gasteiger partial charge in [-0.15, -0.1) is 24.8 Å². The zero-order valence-corrected chi connectivity index (χ0v) is 15.5. The lowest BCUT2D eigenvalue weighted by molar-refractivity contribution is 0.103. The second-order valence-corrected chi connectivity index (χ2v) is 7.33. The molecule has 0 bridgehead atoms. The van der Waals surface area contributed by atoms with Crippen LogP contribution in [0.1, 0.15) is 12.5 Å². The molecule has 0 saturated carbocycles. The first-order valence-electron chi connectivity index (χ1n) is 6.74. The van der Waals surface area contributed by atoms with Gasteiger partial charge in [0.15, 0.2) is 9.84 Å². The third-order valence-corrected chi connectivity index (χ3v) is 4.95. The van der Waals surface area contributed by atoms with E-state index in [-0.39, 0.29) is 42.4 Å². The molecule has 0 saturated heterocycles. The molecule has 0 radical (unpaired) electrons. The van der Waals surface area contributed by atoms with E-state index in [1.165, 1.54) is 7.11 Å². The normalized spacial score (nSPS) is 13.7. The van der Waals surface area contributed by atoms with E-state index < -0.39 is 15.9 Å². The summed E-state index contributed by atoms with van der Waals surface area (Å²) in [6.07, 6.45) is 1.11. The van der Waals surface area contributed by atoms with E-state index in [4.69, 9.17) is 10.5 Å². The minimum atomic E-state index is -3.30. The van der Waals surface area contributed by atoms with Crippen molar-refractivity contribution >= 4 is 45.6 Å². The van der Waals surface area contributed by atoms with Gasteiger partial charge < -0.3 is 10.5 Å². The monoisotopic (exact) mass is 380 g/mol. The van der Waals surface area contributed by atoms with E-state index in [0.717, 1.165) is 10.9 Å². The Morgan fingerprint density at radius 1 is 1.26 bits per heavy atom. The molecule has 2 N–H and O–H groups in total. The Morgan fingerprint density at radius 2 is 1.91 bits per heavy atom. The summed E-state index contributed by atoms with van der Waals surface area (Å²) in [6, 6.07) is 9.13. The Kier molecular flexibility index (Phi) is 9.02. The molecule has 0 fully saturated rings. The van der Waals surface area contributed by atoms with Crippen molar-refractivity contribution in [3.05, 3.63) is 42.1 Å². The third-order valence-electron chi connectivity index (χ3n) is 3.34. The number of para-hydroxylation sites is 1. The molecule has 2 aromatic rings. The fourth-order valence-electron chi connectivity index (χ4n) is 2.19. The number of hydrogen-bond donors (Lipinski definition) is 1.